The molecule has 0 spiro atoms. The highest BCUT2D eigenvalue weighted by molar-refractivity contribution is 14.1. The summed E-state index contributed by atoms with van der Waals surface area (Å²) in [5.74, 6) is 0. The molecule has 0 amide bonds. The van der Waals surface area contributed by atoms with E-state index in [9.17, 15) is 0 Å². The summed E-state index contributed by atoms with van der Waals surface area (Å²) >= 11 is 9.39. The van der Waals surface area contributed by atoms with Crippen LogP contribution in [0.1, 0.15) is 7.43 Å². The predicted molar refractivity (Wildman–Crippen MR) is 439 cm³/mol. The zero-order valence-electron chi connectivity index (χ0n) is 52.5. The highest BCUT2D eigenvalue weighted by Crippen LogP contribution is 2.49. The van der Waals surface area contributed by atoms with Crippen LogP contribution in [0.2, 0.25) is 0 Å². The fourth-order valence-corrected chi connectivity index (χ4v) is 17.0. The second kappa shape index (κ2) is 26.8. The molecule has 1 N–H and O–H groups in total. The van der Waals surface area contributed by atoms with Gasteiger partial charge in [0.25, 0.3) is 0 Å². The van der Waals surface area contributed by atoms with Crippen molar-refractivity contribution in [2.24, 2.45) is 0 Å². The van der Waals surface area contributed by atoms with E-state index in [2.05, 4.69) is 334 Å². The molecule has 0 unspecified atom stereocenters. The lowest BCUT2D eigenvalue weighted by Crippen LogP contribution is -2.10. The molecule has 20 rings (SSSR count). The van der Waals surface area contributed by atoms with Gasteiger partial charge in [-0.15, -0.1) is 22.7 Å². The van der Waals surface area contributed by atoms with Gasteiger partial charge in [-0.1, -0.05) is 276 Å². The number of hydrogen-bond acceptors (Lipinski definition) is 6. The molecular formula is C90H62BrIN2O2S2. The Morgan fingerprint density at radius 2 is 0.724 bits per heavy atom. The first-order valence-corrected chi connectivity index (χ1v) is 36.8. The number of benzene rings is 16. The van der Waals surface area contributed by atoms with Gasteiger partial charge in [0.1, 0.15) is 22.3 Å². The lowest BCUT2D eigenvalue weighted by molar-refractivity contribution is 0.668. The van der Waals surface area contributed by atoms with Crippen molar-refractivity contribution in [1.29, 1.82) is 0 Å². The molecule has 0 saturated carbocycles. The molecule has 4 heterocycles. The highest BCUT2D eigenvalue weighted by atomic mass is 127. The molecule has 20 aromatic rings. The van der Waals surface area contributed by atoms with E-state index >= 15 is 0 Å². The maximum atomic E-state index is 6.38. The van der Waals surface area contributed by atoms with Crippen LogP contribution < -0.4 is 10.2 Å². The Hall–Kier alpha value is -10.6. The van der Waals surface area contributed by atoms with E-state index in [0.717, 1.165) is 76.8 Å². The molecule has 0 aliphatic heterocycles. The summed E-state index contributed by atoms with van der Waals surface area (Å²) in [5, 5.41) is 23.7. The molecule has 16 aromatic carbocycles. The number of rotatable bonds is 7. The summed E-state index contributed by atoms with van der Waals surface area (Å²) in [6, 6.07) is 117. The third-order valence-corrected chi connectivity index (χ3v) is 21.5. The smallest absolute Gasteiger partial charge is 0.137 e. The van der Waals surface area contributed by atoms with Crippen molar-refractivity contribution in [3.05, 3.63) is 332 Å². The van der Waals surface area contributed by atoms with Crippen molar-refractivity contribution in [3.63, 3.8) is 0 Å². The monoisotopic (exact) mass is 1470 g/mol. The van der Waals surface area contributed by atoms with Crippen molar-refractivity contribution in [1.82, 2.24) is 0 Å². The van der Waals surface area contributed by atoms with Crippen LogP contribution in [0, 0.1) is 0 Å². The number of furan rings is 2. The third kappa shape index (κ3) is 11.2. The molecule has 0 aliphatic carbocycles. The molecule has 8 heteroatoms. The van der Waals surface area contributed by atoms with Crippen LogP contribution >= 0.6 is 61.2 Å². The first-order valence-electron chi connectivity index (χ1n) is 32.3. The van der Waals surface area contributed by atoms with Gasteiger partial charge in [-0.2, -0.15) is 0 Å². The van der Waals surface area contributed by atoms with E-state index in [0.29, 0.717) is 0 Å². The minimum Gasteiger partial charge on any atom is -0.456 e. The molecule has 4 aromatic heterocycles. The van der Waals surface area contributed by atoms with Gasteiger partial charge in [0.2, 0.25) is 0 Å². The minimum atomic E-state index is 0. The van der Waals surface area contributed by atoms with Crippen LogP contribution in [0.5, 0.6) is 0 Å². The van der Waals surface area contributed by atoms with Gasteiger partial charge in [-0.25, -0.2) is 0 Å². The van der Waals surface area contributed by atoms with Gasteiger partial charge in [0.05, 0.1) is 31.8 Å². The van der Waals surface area contributed by atoms with Crippen molar-refractivity contribution in [2.45, 2.75) is 7.43 Å². The lowest BCUT2D eigenvalue weighted by atomic mass is 9.93. The first-order chi connectivity index (χ1) is 48.0. The Morgan fingerprint density at radius 1 is 0.327 bits per heavy atom. The van der Waals surface area contributed by atoms with Crippen molar-refractivity contribution >= 4 is 217 Å². The largest absolute Gasteiger partial charge is 0.456 e. The molecule has 0 radical (unpaired) electrons. The zero-order chi connectivity index (χ0) is 64.9. The fraction of sp³-hybridized carbons (Fsp3) is 0.0222. The van der Waals surface area contributed by atoms with Crippen LogP contribution in [0.25, 0.3) is 150 Å². The van der Waals surface area contributed by atoms with E-state index in [4.69, 9.17) is 8.83 Å². The average molecular weight is 1470 g/mol. The topological polar surface area (TPSA) is 41.6 Å². The summed E-state index contributed by atoms with van der Waals surface area (Å²) in [6.45, 7) is 0. The number of nitrogens with one attached hydrogen (secondary N) is 1. The van der Waals surface area contributed by atoms with Gasteiger partial charge >= 0.3 is 0 Å². The Morgan fingerprint density at radius 3 is 1.31 bits per heavy atom. The van der Waals surface area contributed by atoms with Crippen LogP contribution in [-0.2, 0) is 0 Å². The number of alkyl halides is 1. The van der Waals surface area contributed by atoms with Crippen LogP contribution in [0.4, 0.5) is 28.4 Å². The van der Waals surface area contributed by atoms with Crippen LogP contribution in [0.3, 0.4) is 0 Å². The SMILES string of the molecule is Brc1cccc2oc3ccccc3c12.C.CI.c1ccc2c(c1)cc(-c1ccc(N(c3cccc4c3sc3ccccc34)c3cccc4oc5ccccc5c34)cc1)c1ccccc12.c1ccc2c(c1)cc(-c1ccc(Nc3cccc4c3sc3ccccc34)cc1)c1ccccc12. The molecule has 0 atom stereocenters. The summed E-state index contributed by atoms with van der Waals surface area (Å²) < 4.78 is 18.3. The standard InChI is InChI=1S/C44H27NOS.C32H21NS.C12H7BrO.CH3I.CH4/c1-2-12-31-29(11-1)27-37(33-14-4-3-13-32(31)33)28-23-25-30(26-24-28)45(38-18-10-21-41-43(38)36-16-5-7-20-40(36)46-41)39-19-9-17-35-34-15-6-8-22-42(34)47-44(35)39;1-2-9-24-22(8-1)20-29(26-11-4-3-10-25(24)26)21-16-18-23(19-17-21)33-30-14-7-13-28-27-12-5-6-15-31(27)34-32(28)30;13-9-5-3-7-11-12(9)8-4-1-2-6-10(8)14-11;1-2;/h1-27H;1-20,33H;1-7H;1H3;1H4. The zero-order valence-corrected chi connectivity index (χ0v) is 57.9. The molecule has 98 heavy (non-hydrogen) atoms. The normalized spacial score (nSPS) is 11.3. The third-order valence-electron chi connectivity index (χ3n) is 18.4. The number of thiophene rings is 2. The van der Waals surface area contributed by atoms with E-state index in [1.165, 1.54) is 106 Å². The van der Waals surface area contributed by atoms with E-state index in [-0.39, 0.29) is 7.43 Å². The number of para-hydroxylation sites is 2. The van der Waals surface area contributed by atoms with Gasteiger partial charge in [-0.3, -0.25) is 0 Å². The second-order valence-electron chi connectivity index (χ2n) is 24.0. The molecule has 470 valence electrons. The van der Waals surface area contributed by atoms with Crippen LogP contribution in [-0.4, -0.2) is 4.93 Å². The Balaban J connectivity index is 0.000000128. The van der Waals surface area contributed by atoms with E-state index < -0.39 is 0 Å². The van der Waals surface area contributed by atoms with Crippen molar-refractivity contribution in [2.75, 3.05) is 15.1 Å². The summed E-state index contributed by atoms with van der Waals surface area (Å²) in [6.07, 6.45) is 0. The molecule has 0 fully saturated rings. The molecular weight excluding hydrogens is 1410 g/mol. The first kappa shape index (κ1) is 62.2. The maximum absolute atomic E-state index is 6.38. The lowest BCUT2D eigenvalue weighted by Gasteiger charge is -2.27. The van der Waals surface area contributed by atoms with E-state index in [1.807, 2.05) is 70.1 Å². The number of hydrogen-bond donors (Lipinski definition) is 1. The predicted octanol–water partition coefficient (Wildman–Crippen LogP) is 29.2. The average Bonchev–Trinajstić information content (AvgIpc) is 1.43. The molecule has 0 saturated heterocycles. The fourth-order valence-electron chi connectivity index (χ4n) is 14.1. The minimum absolute atomic E-state index is 0. The molecule has 0 bridgehead atoms. The summed E-state index contributed by atoms with van der Waals surface area (Å²) in [7, 11) is 0. The second-order valence-corrected chi connectivity index (χ2v) is 26.9. The Kier molecular flexibility index (Phi) is 17.0. The molecule has 4 nitrogen and oxygen atoms in total. The van der Waals surface area contributed by atoms with Crippen LogP contribution in [0.15, 0.2) is 341 Å². The van der Waals surface area contributed by atoms with Gasteiger partial charge in [-0.05, 0) is 167 Å². The van der Waals surface area contributed by atoms with Gasteiger partial charge in [0.15, 0.2) is 0 Å². The van der Waals surface area contributed by atoms with Crippen molar-refractivity contribution in [3.8, 4) is 22.3 Å². The van der Waals surface area contributed by atoms with Crippen molar-refractivity contribution < 1.29 is 8.83 Å². The summed E-state index contributed by atoms with van der Waals surface area (Å²) in [4.78, 5) is 4.39. The quantitative estimate of drug-likeness (QED) is 0.0981. The highest BCUT2D eigenvalue weighted by Gasteiger charge is 2.23. The number of halogens is 2. The molecule has 0 aliphatic rings. The van der Waals surface area contributed by atoms with Gasteiger partial charge in [0, 0.05) is 63.0 Å². The van der Waals surface area contributed by atoms with E-state index in [1.54, 1.807) is 0 Å². The number of fused-ring (bicyclic) bond motifs is 18. The summed E-state index contributed by atoms with van der Waals surface area (Å²) in [5.41, 5.74) is 14.2. The van der Waals surface area contributed by atoms with Gasteiger partial charge < -0.3 is 19.1 Å². The maximum Gasteiger partial charge on any atom is 0.137 e. The number of anilines is 5. The Bertz CT molecular complexity index is 6370. The Labute approximate surface area is 597 Å². The number of nitrogens with zero attached hydrogens (tertiary/aromatic N) is 1.